The first kappa shape index (κ1) is 15.0. The first-order valence-electron chi connectivity index (χ1n) is 7.35. The van der Waals surface area contributed by atoms with Crippen molar-refractivity contribution in [1.82, 2.24) is 20.6 Å². The van der Waals surface area contributed by atoms with Crippen LogP contribution in [-0.2, 0) is 6.54 Å². The van der Waals surface area contributed by atoms with Gasteiger partial charge >= 0.3 is 6.03 Å². The van der Waals surface area contributed by atoms with Gasteiger partial charge in [-0.3, -0.25) is 0 Å². The van der Waals surface area contributed by atoms with Crippen molar-refractivity contribution in [2.24, 2.45) is 0 Å². The van der Waals surface area contributed by atoms with E-state index >= 15 is 0 Å². The summed E-state index contributed by atoms with van der Waals surface area (Å²) < 4.78 is 12.8. The molecule has 0 unspecified atom stereocenters. The van der Waals surface area contributed by atoms with Gasteiger partial charge in [0.2, 0.25) is 0 Å². The molecule has 0 aliphatic rings. The van der Waals surface area contributed by atoms with Crippen LogP contribution in [0.25, 0.3) is 11.0 Å². The molecule has 0 saturated carbocycles. The van der Waals surface area contributed by atoms with Crippen molar-refractivity contribution in [2.45, 2.75) is 19.5 Å². The number of rotatable bonds is 4. The van der Waals surface area contributed by atoms with E-state index < -0.39 is 0 Å². The summed E-state index contributed by atoms with van der Waals surface area (Å²) in [4.78, 5) is 19.6. The molecule has 23 heavy (non-hydrogen) atoms. The summed E-state index contributed by atoms with van der Waals surface area (Å²) in [7, 11) is 0. The Morgan fingerprint density at radius 3 is 2.70 bits per heavy atom. The van der Waals surface area contributed by atoms with E-state index in [0.717, 1.165) is 16.6 Å². The number of hydrogen-bond acceptors (Lipinski definition) is 2. The standard InChI is InChI=1S/C17H17FN4O/c1-11(16-21-14-4-2-3-5-15(14)22-16)20-17(23)19-10-12-6-8-13(18)9-7-12/h2-9,11H,10H2,1H3,(H,21,22)(H2,19,20,23)/t11-/m0/s1. The number of imidazole rings is 1. The summed E-state index contributed by atoms with van der Waals surface area (Å²) in [6, 6.07) is 13.1. The molecule has 3 rings (SSSR count). The minimum Gasteiger partial charge on any atom is -0.340 e. The van der Waals surface area contributed by atoms with Gasteiger partial charge in [-0.2, -0.15) is 0 Å². The van der Waals surface area contributed by atoms with Crippen molar-refractivity contribution in [3.8, 4) is 0 Å². The van der Waals surface area contributed by atoms with E-state index in [1.807, 2.05) is 31.2 Å². The van der Waals surface area contributed by atoms with Crippen LogP contribution in [0.4, 0.5) is 9.18 Å². The Kier molecular flexibility index (Phi) is 4.23. The number of para-hydroxylation sites is 2. The fourth-order valence-electron chi connectivity index (χ4n) is 2.28. The second-order valence-electron chi connectivity index (χ2n) is 5.31. The summed E-state index contributed by atoms with van der Waals surface area (Å²) in [6.45, 7) is 2.19. The van der Waals surface area contributed by atoms with Gasteiger partial charge in [-0.25, -0.2) is 14.2 Å². The Balaban J connectivity index is 1.57. The molecular weight excluding hydrogens is 295 g/mol. The SMILES string of the molecule is C[C@H](NC(=O)NCc1ccc(F)cc1)c1nc2ccccc2[nH]1. The average molecular weight is 312 g/mol. The zero-order valence-corrected chi connectivity index (χ0v) is 12.6. The molecule has 118 valence electrons. The Morgan fingerprint density at radius 2 is 1.96 bits per heavy atom. The van der Waals surface area contributed by atoms with E-state index in [-0.39, 0.29) is 17.9 Å². The van der Waals surface area contributed by atoms with Crippen LogP contribution in [-0.4, -0.2) is 16.0 Å². The van der Waals surface area contributed by atoms with Gasteiger partial charge in [0.25, 0.3) is 0 Å². The molecule has 0 aliphatic heterocycles. The monoisotopic (exact) mass is 312 g/mol. The van der Waals surface area contributed by atoms with E-state index in [4.69, 9.17) is 0 Å². The van der Waals surface area contributed by atoms with E-state index in [2.05, 4.69) is 20.6 Å². The predicted octanol–water partition coefficient (Wildman–Crippen LogP) is 3.26. The third-order valence-electron chi connectivity index (χ3n) is 3.53. The molecule has 2 aromatic carbocycles. The summed E-state index contributed by atoms with van der Waals surface area (Å²) in [6.07, 6.45) is 0. The van der Waals surface area contributed by atoms with Crippen LogP contribution in [0.1, 0.15) is 24.4 Å². The number of carbonyl (C=O) groups is 1. The lowest BCUT2D eigenvalue weighted by Gasteiger charge is -2.12. The number of nitrogens with one attached hydrogen (secondary N) is 3. The number of amides is 2. The lowest BCUT2D eigenvalue weighted by molar-refractivity contribution is 0.237. The maximum absolute atomic E-state index is 12.8. The number of H-pyrrole nitrogens is 1. The van der Waals surface area contributed by atoms with Crippen molar-refractivity contribution in [3.63, 3.8) is 0 Å². The Bertz CT molecular complexity index is 780. The third kappa shape index (κ3) is 3.66. The molecule has 6 heteroatoms. The van der Waals surface area contributed by atoms with Gasteiger partial charge in [0.15, 0.2) is 0 Å². The normalized spacial score (nSPS) is 12.1. The van der Waals surface area contributed by atoms with Gasteiger partial charge in [-0.15, -0.1) is 0 Å². The minimum atomic E-state index is -0.303. The third-order valence-corrected chi connectivity index (χ3v) is 3.53. The summed E-state index contributed by atoms with van der Waals surface area (Å²) in [5, 5.41) is 5.56. The minimum absolute atomic E-state index is 0.254. The van der Waals surface area contributed by atoms with Crippen molar-refractivity contribution < 1.29 is 9.18 Å². The van der Waals surface area contributed by atoms with Gasteiger partial charge < -0.3 is 15.6 Å². The zero-order valence-electron chi connectivity index (χ0n) is 12.6. The van der Waals surface area contributed by atoms with E-state index in [0.29, 0.717) is 12.4 Å². The molecule has 1 aromatic heterocycles. The number of aromatic amines is 1. The molecule has 3 aromatic rings. The van der Waals surface area contributed by atoms with Crippen LogP contribution in [0.3, 0.4) is 0 Å². The lowest BCUT2D eigenvalue weighted by Crippen LogP contribution is -2.36. The van der Waals surface area contributed by atoms with Gasteiger partial charge in [0, 0.05) is 6.54 Å². The number of hydrogen-bond donors (Lipinski definition) is 3. The Labute approximate surface area is 132 Å². The van der Waals surface area contributed by atoms with Crippen LogP contribution in [0.5, 0.6) is 0 Å². The highest BCUT2D eigenvalue weighted by molar-refractivity contribution is 5.76. The van der Waals surface area contributed by atoms with Gasteiger partial charge in [0.05, 0.1) is 17.1 Å². The molecule has 0 fully saturated rings. The summed E-state index contributed by atoms with van der Waals surface area (Å²) in [5.74, 6) is 0.403. The van der Waals surface area contributed by atoms with Crippen molar-refractivity contribution in [1.29, 1.82) is 0 Å². The maximum Gasteiger partial charge on any atom is 0.315 e. The molecule has 0 radical (unpaired) electrons. The van der Waals surface area contributed by atoms with Gasteiger partial charge in [-0.05, 0) is 36.8 Å². The number of carbonyl (C=O) groups excluding carboxylic acids is 1. The number of nitrogens with zero attached hydrogens (tertiary/aromatic N) is 1. The number of benzene rings is 2. The van der Waals surface area contributed by atoms with Crippen molar-refractivity contribution in [2.75, 3.05) is 0 Å². The van der Waals surface area contributed by atoms with Gasteiger partial charge in [-0.1, -0.05) is 24.3 Å². The van der Waals surface area contributed by atoms with Crippen LogP contribution in [0.15, 0.2) is 48.5 Å². The molecule has 0 spiro atoms. The lowest BCUT2D eigenvalue weighted by atomic mass is 10.2. The number of fused-ring (bicyclic) bond motifs is 1. The van der Waals surface area contributed by atoms with Crippen LogP contribution < -0.4 is 10.6 Å². The van der Waals surface area contributed by atoms with Crippen LogP contribution >= 0.6 is 0 Å². The smallest absolute Gasteiger partial charge is 0.315 e. The molecule has 0 saturated heterocycles. The zero-order chi connectivity index (χ0) is 16.2. The summed E-state index contributed by atoms with van der Waals surface area (Å²) >= 11 is 0. The molecule has 0 bridgehead atoms. The fourth-order valence-corrected chi connectivity index (χ4v) is 2.28. The highest BCUT2D eigenvalue weighted by Crippen LogP contribution is 2.15. The molecule has 1 atom stereocenters. The summed E-state index contributed by atoms with van der Waals surface area (Å²) in [5.41, 5.74) is 2.63. The van der Waals surface area contributed by atoms with Crippen LogP contribution in [0, 0.1) is 5.82 Å². The highest BCUT2D eigenvalue weighted by Gasteiger charge is 2.13. The quantitative estimate of drug-likeness (QED) is 0.692. The first-order valence-corrected chi connectivity index (χ1v) is 7.35. The maximum atomic E-state index is 12.8. The molecule has 2 amide bonds. The van der Waals surface area contributed by atoms with E-state index in [9.17, 15) is 9.18 Å². The Morgan fingerprint density at radius 1 is 1.22 bits per heavy atom. The first-order chi connectivity index (χ1) is 11.1. The molecular formula is C17H17FN4O. The Hall–Kier alpha value is -2.89. The predicted molar refractivity (Wildman–Crippen MR) is 86.3 cm³/mol. The van der Waals surface area contributed by atoms with Crippen molar-refractivity contribution in [3.05, 3.63) is 65.7 Å². The fraction of sp³-hybridized carbons (Fsp3) is 0.176. The molecule has 3 N–H and O–H groups in total. The van der Waals surface area contributed by atoms with Gasteiger partial charge in [0.1, 0.15) is 11.6 Å². The second-order valence-corrected chi connectivity index (χ2v) is 5.31. The van der Waals surface area contributed by atoms with Crippen molar-refractivity contribution >= 4 is 17.1 Å². The topological polar surface area (TPSA) is 69.8 Å². The molecule has 5 nitrogen and oxygen atoms in total. The highest BCUT2D eigenvalue weighted by atomic mass is 19.1. The van der Waals surface area contributed by atoms with E-state index in [1.165, 1.54) is 12.1 Å². The molecule has 1 heterocycles. The average Bonchev–Trinajstić information content (AvgIpc) is 2.98. The van der Waals surface area contributed by atoms with E-state index in [1.54, 1.807) is 12.1 Å². The van der Waals surface area contributed by atoms with Crippen LogP contribution in [0.2, 0.25) is 0 Å². The largest absolute Gasteiger partial charge is 0.340 e. The number of aromatic nitrogens is 2. The number of halogens is 1. The molecule has 0 aliphatic carbocycles. The number of urea groups is 1. The second kappa shape index (κ2) is 6.48.